The summed E-state index contributed by atoms with van der Waals surface area (Å²) in [7, 11) is 0. The van der Waals surface area contributed by atoms with E-state index < -0.39 is 12.7 Å². The van der Waals surface area contributed by atoms with Crippen LogP contribution in [0.5, 0.6) is 0 Å². The van der Waals surface area contributed by atoms with Gasteiger partial charge in [0.15, 0.2) is 0 Å². The summed E-state index contributed by atoms with van der Waals surface area (Å²) in [5, 5.41) is 4.05. The first-order chi connectivity index (χ1) is 12.4. The van der Waals surface area contributed by atoms with E-state index in [0.717, 1.165) is 14.8 Å². The first-order valence-electron chi connectivity index (χ1n) is 8.37. The fourth-order valence-corrected chi connectivity index (χ4v) is 5.85. The lowest BCUT2D eigenvalue weighted by atomic mass is 10.1. The number of nitrogens with zero attached hydrogens (tertiary/aromatic N) is 1. The van der Waals surface area contributed by atoms with Crippen molar-refractivity contribution >= 4 is 48.1 Å². The molecule has 0 aliphatic carbocycles. The minimum atomic E-state index is -4.16. The van der Waals surface area contributed by atoms with Gasteiger partial charge in [0.1, 0.15) is 0 Å². The van der Waals surface area contributed by atoms with Gasteiger partial charge in [-0.25, -0.2) is 0 Å². The highest BCUT2D eigenvalue weighted by atomic mass is 32.1. The maximum Gasteiger partial charge on any atom is 0.401 e. The third-order valence-electron chi connectivity index (χ3n) is 4.60. The Kier molecular flexibility index (Phi) is 4.66. The zero-order valence-electron chi connectivity index (χ0n) is 13.8. The minimum absolute atomic E-state index is 0.0724. The zero-order chi connectivity index (χ0) is 18.3. The molecular formula is C18H17F3N2OS2. The average Bonchev–Trinajstić information content (AvgIpc) is 3.25. The summed E-state index contributed by atoms with van der Waals surface area (Å²) in [4.78, 5) is 14.5. The standard InChI is InChI=1S/C18H17F3N2OS2/c19-18(20,21)10-23-6-5-11(9-23)8-22-17(24)15-7-14-16(26-15)12-3-1-2-4-13(12)25-14/h1-4,7,11H,5-6,8-10H2,(H,22,24)/t11-/m0/s1. The van der Waals surface area contributed by atoms with Crippen LogP contribution in [0.1, 0.15) is 16.1 Å². The lowest BCUT2D eigenvalue weighted by Crippen LogP contribution is -2.34. The Balaban J connectivity index is 1.37. The molecule has 1 aliphatic heterocycles. The van der Waals surface area contributed by atoms with Crippen molar-refractivity contribution in [2.24, 2.45) is 5.92 Å². The molecule has 8 heteroatoms. The first-order valence-corrected chi connectivity index (χ1v) is 10.0. The number of carbonyl (C=O) groups excluding carboxylic acids is 1. The fraction of sp³-hybridized carbons (Fsp3) is 0.389. The van der Waals surface area contributed by atoms with Gasteiger partial charge < -0.3 is 5.32 Å². The van der Waals surface area contributed by atoms with Gasteiger partial charge in [-0.1, -0.05) is 18.2 Å². The number of hydrogen-bond acceptors (Lipinski definition) is 4. The number of carbonyl (C=O) groups is 1. The molecule has 1 atom stereocenters. The molecule has 0 saturated carbocycles. The van der Waals surface area contributed by atoms with Crippen LogP contribution < -0.4 is 5.32 Å². The monoisotopic (exact) mass is 398 g/mol. The molecule has 3 aromatic rings. The summed E-state index contributed by atoms with van der Waals surface area (Å²) >= 11 is 3.14. The molecule has 0 radical (unpaired) electrons. The molecule has 0 bridgehead atoms. The van der Waals surface area contributed by atoms with E-state index in [9.17, 15) is 18.0 Å². The molecule has 1 aliphatic rings. The van der Waals surface area contributed by atoms with Crippen LogP contribution in [0, 0.1) is 5.92 Å². The predicted octanol–water partition coefficient (Wildman–Crippen LogP) is 4.73. The number of nitrogens with one attached hydrogen (secondary N) is 1. The highest BCUT2D eigenvalue weighted by Gasteiger charge is 2.34. The second-order valence-corrected chi connectivity index (χ2v) is 8.75. The van der Waals surface area contributed by atoms with E-state index in [1.54, 1.807) is 11.3 Å². The largest absolute Gasteiger partial charge is 0.401 e. The van der Waals surface area contributed by atoms with Gasteiger partial charge >= 0.3 is 6.18 Å². The van der Waals surface area contributed by atoms with E-state index >= 15 is 0 Å². The van der Waals surface area contributed by atoms with Gasteiger partial charge in [0.25, 0.3) is 5.91 Å². The quantitative estimate of drug-likeness (QED) is 0.689. The van der Waals surface area contributed by atoms with Crippen molar-refractivity contribution in [3.63, 3.8) is 0 Å². The van der Waals surface area contributed by atoms with Gasteiger partial charge in [-0.05, 0) is 31.0 Å². The molecular weight excluding hydrogens is 381 g/mol. The van der Waals surface area contributed by atoms with Crippen LogP contribution in [-0.4, -0.2) is 43.2 Å². The summed E-state index contributed by atoms with van der Waals surface area (Å²) < 4.78 is 40.7. The summed E-state index contributed by atoms with van der Waals surface area (Å²) in [6.07, 6.45) is -3.48. The molecule has 2 aromatic heterocycles. The van der Waals surface area contributed by atoms with Gasteiger partial charge in [-0.2, -0.15) is 13.2 Å². The Morgan fingerprint density at radius 2 is 2.04 bits per heavy atom. The average molecular weight is 398 g/mol. The van der Waals surface area contributed by atoms with Crippen molar-refractivity contribution < 1.29 is 18.0 Å². The van der Waals surface area contributed by atoms with Gasteiger partial charge in [-0.3, -0.25) is 9.69 Å². The van der Waals surface area contributed by atoms with Gasteiger partial charge in [0.05, 0.1) is 16.1 Å². The van der Waals surface area contributed by atoms with E-state index in [1.165, 1.54) is 20.9 Å². The summed E-state index contributed by atoms with van der Waals surface area (Å²) in [6.45, 7) is 0.357. The summed E-state index contributed by atoms with van der Waals surface area (Å²) in [6, 6.07) is 10.0. The number of likely N-dealkylation sites (tertiary alicyclic amines) is 1. The molecule has 1 N–H and O–H groups in total. The van der Waals surface area contributed by atoms with E-state index in [-0.39, 0.29) is 11.8 Å². The number of alkyl halides is 3. The lowest BCUT2D eigenvalue weighted by Gasteiger charge is -2.17. The van der Waals surface area contributed by atoms with Gasteiger partial charge in [0.2, 0.25) is 0 Å². The van der Waals surface area contributed by atoms with E-state index in [0.29, 0.717) is 30.9 Å². The second kappa shape index (κ2) is 6.83. The number of halogens is 3. The molecule has 138 valence electrons. The third-order valence-corrected chi connectivity index (χ3v) is 7.01. The van der Waals surface area contributed by atoms with Crippen LogP contribution in [-0.2, 0) is 0 Å². The molecule has 1 aromatic carbocycles. The highest BCUT2D eigenvalue weighted by Crippen LogP contribution is 2.39. The smallest absolute Gasteiger partial charge is 0.351 e. The molecule has 4 rings (SSSR count). The number of thiophene rings is 2. The van der Waals surface area contributed by atoms with Crippen LogP contribution >= 0.6 is 22.7 Å². The first kappa shape index (κ1) is 17.8. The molecule has 3 heterocycles. The van der Waals surface area contributed by atoms with Crippen molar-refractivity contribution in [3.8, 4) is 0 Å². The summed E-state index contributed by atoms with van der Waals surface area (Å²) in [5.74, 6) is -0.0695. The van der Waals surface area contributed by atoms with Crippen molar-refractivity contribution in [2.75, 3.05) is 26.2 Å². The Morgan fingerprint density at radius 3 is 2.85 bits per heavy atom. The van der Waals surface area contributed by atoms with Crippen molar-refractivity contribution in [2.45, 2.75) is 12.6 Å². The second-order valence-electron chi connectivity index (χ2n) is 6.62. The van der Waals surface area contributed by atoms with Crippen molar-refractivity contribution in [1.82, 2.24) is 10.2 Å². The van der Waals surface area contributed by atoms with Crippen LogP contribution in [0.15, 0.2) is 30.3 Å². The summed E-state index contributed by atoms with van der Waals surface area (Å²) in [5.41, 5.74) is 0. The predicted molar refractivity (Wildman–Crippen MR) is 100 cm³/mol. The minimum Gasteiger partial charge on any atom is -0.351 e. The molecule has 1 amide bonds. The lowest BCUT2D eigenvalue weighted by molar-refractivity contribution is -0.143. The number of benzene rings is 1. The van der Waals surface area contributed by atoms with E-state index in [4.69, 9.17) is 0 Å². The Bertz CT molecular complexity index is 947. The number of hydrogen-bond donors (Lipinski definition) is 1. The van der Waals surface area contributed by atoms with E-state index in [1.807, 2.05) is 18.2 Å². The molecule has 3 nitrogen and oxygen atoms in total. The molecule has 0 spiro atoms. The van der Waals surface area contributed by atoms with Gasteiger partial charge in [0, 0.05) is 27.9 Å². The van der Waals surface area contributed by atoms with Crippen LogP contribution in [0.3, 0.4) is 0 Å². The van der Waals surface area contributed by atoms with Crippen LogP contribution in [0.2, 0.25) is 0 Å². The highest BCUT2D eigenvalue weighted by molar-refractivity contribution is 7.33. The van der Waals surface area contributed by atoms with Crippen molar-refractivity contribution in [1.29, 1.82) is 0 Å². The topological polar surface area (TPSA) is 32.3 Å². The van der Waals surface area contributed by atoms with E-state index in [2.05, 4.69) is 17.4 Å². The number of amides is 1. The maximum atomic E-state index is 12.4. The fourth-order valence-electron chi connectivity index (χ4n) is 3.41. The maximum absolute atomic E-state index is 12.4. The molecule has 1 fully saturated rings. The number of rotatable bonds is 4. The molecule has 0 unspecified atom stereocenters. The van der Waals surface area contributed by atoms with Gasteiger partial charge in [-0.15, -0.1) is 22.7 Å². The van der Waals surface area contributed by atoms with Crippen LogP contribution in [0.25, 0.3) is 19.5 Å². The SMILES string of the molecule is O=C(NC[C@@H]1CCN(CC(F)(F)F)C1)c1cc2sc3ccccc3c2s1. The number of fused-ring (bicyclic) bond motifs is 3. The zero-order valence-corrected chi connectivity index (χ0v) is 15.4. The van der Waals surface area contributed by atoms with Crippen molar-refractivity contribution in [3.05, 3.63) is 35.2 Å². The normalized spacial score (nSPS) is 18.8. The molecule has 1 saturated heterocycles. The Hall–Kier alpha value is -1.64. The Morgan fingerprint density at radius 1 is 1.23 bits per heavy atom. The molecule has 26 heavy (non-hydrogen) atoms. The van der Waals surface area contributed by atoms with Crippen LogP contribution in [0.4, 0.5) is 13.2 Å². The third kappa shape index (κ3) is 3.72. The Labute approximate surface area is 156 Å².